The van der Waals surface area contributed by atoms with Gasteiger partial charge >= 0.3 is 5.97 Å². The van der Waals surface area contributed by atoms with Gasteiger partial charge in [-0.1, -0.05) is 24.6 Å². The number of fused-ring (bicyclic) bond motifs is 5. The first kappa shape index (κ1) is 58.1. The van der Waals surface area contributed by atoms with Crippen molar-refractivity contribution in [2.45, 2.75) is 260 Å². The first-order chi connectivity index (χ1) is 34.9. The predicted molar refractivity (Wildman–Crippen MR) is 261 cm³/mol. The van der Waals surface area contributed by atoms with E-state index in [1.165, 1.54) is 14.0 Å². The number of allylic oxidation sites excluding steroid dienone is 1. The molecule has 20 heteroatoms. The van der Waals surface area contributed by atoms with Crippen LogP contribution in [0.25, 0.3) is 0 Å². The second-order valence-corrected chi connectivity index (χ2v) is 22.9. The van der Waals surface area contributed by atoms with Crippen LogP contribution in [0.3, 0.4) is 0 Å². The third-order valence-corrected chi connectivity index (χ3v) is 19.2. The summed E-state index contributed by atoms with van der Waals surface area (Å²) in [6.45, 7) is 15.7. The topological polar surface area (TPSA) is 255 Å². The number of ketones is 1. The standard InChI is InChI=1S/C54H86O20/c1-14-26(2)48(58)71-38-25-37-50(8)17-16-33(21-32(50)15-18-53(37,60)54(61)20-19-52(59,31(7)55)51(38,54)9)70-39-22-34(62-10)44(28(4)66-39)72-40-23-35(63-11)45(29(5)67-40)73-41-24-36(64-12)46(30(6)68-41)74-49-43(57)47(65-13)42(56)27(3)69-49/h14-15,27-30,33-47,49,56-57,59-61H,16-25H2,1-13H3. The summed E-state index contributed by atoms with van der Waals surface area (Å²) < 4.78 is 80.8. The molecule has 7 fully saturated rings. The van der Waals surface area contributed by atoms with Crippen LogP contribution in [0.2, 0.25) is 0 Å². The Morgan fingerprint density at radius 2 is 1.19 bits per heavy atom. The van der Waals surface area contributed by atoms with E-state index in [1.54, 1.807) is 55.1 Å². The number of Topliss-reactive ketones (excluding diaryl/α,β-unsaturated/α-hetero) is 1. The second kappa shape index (κ2) is 22.2. The number of aliphatic hydroxyl groups excluding tert-OH is 2. The highest BCUT2D eigenvalue weighted by molar-refractivity contribution is 5.89. The van der Waals surface area contributed by atoms with Crippen molar-refractivity contribution in [3.63, 3.8) is 0 Å². The third kappa shape index (κ3) is 9.82. The molecule has 0 spiro atoms. The van der Waals surface area contributed by atoms with E-state index in [0.717, 1.165) is 5.57 Å². The molecule has 3 saturated carbocycles. The molecule has 0 aromatic heterocycles. The number of hydrogen-bond donors (Lipinski definition) is 5. The Bertz CT molecular complexity index is 2060. The molecule has 0 aromatic rings. The van der Waals surface area contributed by atoms with E-state index in [-0.39, 0.29) is 31.8 Å². The highest BCUT2D eigenvalue weighted by Crippen LogP contribution is 2.71. The van der Waals surface area contributed by atoms with Gasteiger partial charge in [-0.2, -0.15) is 0 Å². The van der Waals surface area contributed by atoms with Gasteiger partial charge in [0, 0.05) is 59.2 Å². The van der Waals surface area contributed by atoms with Crippen LogP contribution in [-0.2, 0) is 71.2 Å². The van der Waals surface area contributed by atoms with Gasteiger partial charge in [0.05, 0.1) is 54.2 Å². The van der Waals surface area contributed by atoms with Crippen LogP contribution in [-0.4, -0.2) is 199 Å². The van der Waals surface area contributed by atoms with Crippen molar-refractivity contribution in [1.29, 1.82) is 0 Å². The van der Waals surface area contributed by atoms with Gasteiger partial charge in [-0.25, -0.2) is 4.79 Å². The summed E-state index contributed by atoms with van der Waals surface area (Å²) in [5, 5.41) is 59.2. The maximum Gasteiger partial charge on any atom is 0.333 e. The van der Waals surface area contributed by atoms with Crippen LogP contribution in [0, 0.1) is 16.7 Å². The van der Waals surface area contributed by atoms with Crippen LogP contribution in [0.15, 0.2) is 23.3 Å². The summed E-state index contributed by atoms with van der Waals surface area (Å²) in [5.41, 5.74) is -6.57. The fraction of sp³-hybridized carbons (Fsp3) is 0.889. The number of esters is 1. The maximum absolute atomic E-state index is 13.4. The molecule has 25 atom stereocenters. The van der Waals surface area contributed by atoms with E-state index in [1.807, 2.05) is 26.8 Å². The molecule has 4 aliphatic heterocycles. The Labute approximate surface area is 435 Å². The van der Waals surface area contributed by atoms with E-state index >= 15 is 0 Å². The molecule has 8 aliphatic rings. The Hall–Kier alpha value is -2.06. The van der Waals surface area contributed by atoms with Gasteiger partial charge < -0.3 is 87.1 Å². The molecule has 0 aromatic carbocycles. The number of ether oxygens (including phenoxy) is 13. The lowest BCUT2D eigenvalue weighted by Crippen LogP contribution is -2.78. The zero-order chi connectivity index (χ0) is 54.0. The molecule has 4 aliphatic carbocycles. The van der Waals surface area contributed by atoms with Crippen LogP contribution in [0.1, 0.15) is 127 Å². The van der Waals surface area contributed by atoms with Gasteiger partial charge in [0.2, 0.25) is 0 Å². The van der Waals surface area contributed by atoms with E-state index in [9.17, 15) is 35.1 Å². The summed E-state index contributed by atoms with van der Waals surface area (Å²) in [5.74, 6) is -1.70. The number of rotatable bonds is 15. The molecule has 4 saturated heterocycles. The van der Waals surface area contributed by atoms with Gasteiger partial charge in [0.1, 0.15) is 59.5 Å². The molecular weight excluding hydrogens is 969 g/mol. The van der Waals surface area contributed by atoms with E-state index in [4.69, 9.17) is 61.6 Å². The minimum absolute atomic E-state index is 0.0386. The quantitative estimate of drug-likeness (QED) is 0.0894. The molecule has 5 N–H and O–H groups in total. The Balaban J connectivity index is 0.874. The second-order valence-electron chi connectivity index (χ2n) is 22.9. The van der Waals surface area contributed by atoms with Gasteiger partial charge in [-0.05, 0) is 106 Å². The van der Waals surface area contributed by atoms with Gasteiger partial charge in [0.15, 0.2) is 30.9 Å². The van der Waals surface area contributed by atoms with Gasteiger partial charge in [-0.15, -0.1) is 0 Å². The third-order valence-electron chi connectivity index (χ3n) is 19.2. The van der Waals surface area contributed by atoms with Crippen molar-refractivity contribution in [3.8, 4) is 0 Å². The zero-order valence-electron chi connectivity index (χ0n) is 45.6. The number of aliphatic hydroxyl groups is 5. The minimum Gasteiger partial charge on any atom is -0.458 e. The lowest BCUT2D eigenvalue weighted by atomic mass is 9.42. The molecule has 0 radical (unpaired) electrons. The number of carbonyl (C=O) groups excluding carboxylic acids is 2. The molecule has 4 heterocycles. The zero-order valence-corrected chi connectivity index (χ0v) is 45.6. The van der Waals surface area contributed by atoms with Crippen molar-refractivity contribution < 1.29 is 96.7 Å². The fourth-order valence-corrected chi connectivity index (χ4v) is 14.5. The maximum atomic E-state index is 13.4. The molecule has 8 rings (SSSR count). The lowest BCUT2D eigenvalue weighted by Gasteiger charge is -2.67. The first-order valence-corrected chi connectivity index (χ1v) is 26.8. The Morgan fingerprint density at radius 3 is 1.69 bits per heavy atom. The highest BCUT2D eigenvalue weighted by Gasteiger charge is 2.81. The number of methoxy groups -OCH3 is 4. The van der Waals surface area contributed by atoms with Crippen molar-refractivity contribution in [2.75, 3.05) is 28.4 Å². The highest BCUT2D eigenvalue weighted by atomic mass is 16.8. The van der Waals surface area contributed by atoms with E-state index < -0.39 is 156 Å². The van der Waals surface area contributed by atoms with Crippen molar-refractivity contribution >= 4 is 11.8 Å². The van der Waals surface area contributed by atoms with Crippen LogP contribution in [0.5, 0.6) is 0 Å². The van der Waals surface area contributed by atoms with Crippen LogP contribution >= 0.6 is 0 Å². The van der Waals surface area contributed by atoms with Crippen molar-refractivity contribution in [3.05, 3.63) is 23.3 Å². The van der Waals surface area contributed by atoms with Crippen LogP contribution in [0.4, 0.5) is 0 Å². The Morgan fingerprint density at radius 1 is 0.662 bits per heavy atom. The smallest absolute Gasteiger partial charge is 0.333 e. The summed E-state index contributed by atoms with van der Waals surface area (Å²) in [6, 6.07) is 0. The lowest BCUT2D eigenvalue weighted by molar-refractivity contribution is -0.356. The summed E-state index contributed by atoms with van der Waals surface area (Å²) in [6.07, 6.45) is -6.19. The predicted octanol–water partition coefficient (Wildman–Crippen LogP) is 3.46. The van der Waals surface area contributed by atoms with Gasteiger partial charge in [0.25, 0.3) is 0 Å². The molecule has 0 amide bonds. The molecule has 422 valence electrons. The van der Waals surface area contributed by atoms with E-state index in [2.05, 4.69) is 6.92 Å². The molecular formula is C54H86O20. The summed E-state index contributed by atoms with van der Waals surface area (Å²) in [4.78, 5) is 26.6. The van der Waals surface area contributed by atoms with E-state index in [0.29, 0.717) is 44.1 Å². The monoisotopic (exact) mass is 1050 g/mol. The fourth-order valence-electron chi connectivity index (χ4n) is 14.5. The molecule has 20 nitrogen and oxygen atoms in total. The molecule has 25 unspecified atom stereocenters. The van der Waals surface area contributed by atoms with Crippen LogP contribution < -0.4 is 0 Å². The van der Waals surface area contributed by atoms with Crippen molar-refractivity contribution in [2.24, 2.45) is 16.7 Å². The number of hydrogen-bond acceptors (Lipinski definition) is 20. The Kier molecular flexibility index (Phi) is 17.5. The normalized spacial score (nSPS) is 50.8. The van der Waals surface area contributed by atoms with Gasteiger partial charge in [-0.3, -0.25) is 4.79 Å². The average Bonchev–Trinajstić information content (AvgIpc) is 3.60. The summed E-state index contributed by atoms with van der Waals surface area (Å²) >= 11 is 0. The largest absolute Gasteiger partial charge is 0.458 e. The molecule has 74 heavy (non-hydrogen) atoms. The SMILES string of the molecule is CC=C(C)C(=O)OC1CC2C3(C)CCC(OC4CC(OC)C(OC5CC(OC)C(OC6CC(OC)C(OC7OC(C)C(O)C(OC)C7O)C(C)O6)C(C)O5)C(C)O4)CC3=CCC2(O)C2(O)CCC(O)(C(C)=O)C12C. The minimum atomic E-state index is -2.02. The first-order valence-electron chi connectivity index (χ1n) is 26.8. The van der Waals surface area contributed by atoms with Crippen molar-refractivity contribution in [1.82, 2.24) is 0 Å². The molecule has 0 bridgehead atoms. The summed E-state index contributed by atoms with van der Waals surface area (Å²) in [7, 11) is 6.24. The number of carbonyl (C=O) groups is 2. The average molecular weight is 1060 g/mol.